The third-order valence-electron chi connectivity index (χ3n) is 5.47. The fourth-order valence-corrected chi connectivity index (χ4v) is 3.41. The number of hydrogen-bond acceptors (Lipinski definition) is 5. The highest BCUT2D eigenvalue weighted by molar-refractivity contribution is 5.90. The van der Waals surface area contributed by atoms with Gasteiger partial charge in [-0.25, -0.2) is 9.18 Å². The molecule has 4 N–H and O–H groups in total. The van der Waals surface area contributed by atoms with Gasteiger partial charge in [0.05, 0.1) is 24.8 Å². The summed E-state index contributed by atoms with van der Waals surface area (Å²) in [4.78, 5) is 36.5. The number of amides is 3. The van der Waals surface area contributed by atoms with Crippen molar-refractivity contribution >= 4 is 23.6 Å². The summed E-state index contributed by atoms with van der Waals surface area (Å²) in [5.41, 5.74) is 8.14. The minimum atomic E-state index is -0.582. The predicted octanol–water partition coefficient (Wildman–Crippen LogP) is 2.55. The summed E-state index contributed by atoms with van der Waals surface area (Å²) in [6, 6.07) is 11.2. The Kier molecular flexibility index (Phi) is 7.65. The van der Waals surface area contributed by atoms with Crippen LogP contribution >= 0.6 is 0 Å². The van der Waals surface area contributed by atoms with E-state index in [0.29, 0.717) is 23.4 Å². The predicted molar refractivity (Wildman–Crippen MR) is 123 cm³/mol. The van der Waals surface area contributed by atoms with Crippen molar-refractivity contribution in [3.05, 3.63) is 53.8 Å². The number of halogens is 1. The molecule has 9 heteroatoms. The zero-order chi connectivity index (χ0) is 24.1. The lowest BCUT2D eigenvalue weighted by molar-refractivity contribution is -0.123. The molecular weight excluding hydrogens is 427 g/mol. The number of nitrogens with zero attached hydrogens (tertiary/aromatic N) is 1. The van der Waals surface area contributed by atoms with Gasteiger partial charge in [-0.05, 0) is 35.2 Å². The van der Waals surface area contributed by atoms with Gasteiger partial charge in [-0.1, -0.05) is 38.1 Å². The summed E-state index contributed by atoms with van der Waals surface area (Å²) in [7, 11) is 0. The molecule has 0 bridgehead atoms. The zero-order valence-corrected chi connectivity index (χ0v) is 18.9. The van der Waals surface area contributed by atoms with Gasteiger partial charge in [0.15, 0.2) is 0 Å². The van der Waals surface area contributed by atoms with Crippen LogP contribution in [0.3, 0.4) is 0 Å². The molecule has 0 aromatic heterocycles. The molecule has 3 rings (SSSR count). The van der Waals surface area contributed by atoms with E-state index in [4.69, 9.17) is 10.5 Å². The monoisotopic (exact) mass is 456 g/mol. The number of carbonyl (C=O) groups excluding carboxylic acids is 3. The standard InChI is InChI=1S/C24H29FN4O4/c1-14(2)22(26)23(31)28-11-16-4-6-17(7-5-16)20-9-8-18(10-21(20)25)29-13-19(33-24(29)32)12-27-15(3)30/h4-10,14,19,22H,11-13,26H2,1-3H3,(H,27,30)(H,28,31)/t19-,22+/m0/s1. The molecule has 0 spiro atoms. The van der Waals surface area contributed by atoms with Crippen LogP contribution < -0.4 is 21.3 Å². The van der Waals surface area contributed by atoms with E-state index in [0.717, 1.165) is 5.56 Å². The quantitative estimate of drug-likeness (QED) is 0.565. The maximum atomic E-state index is 14.9. The van der Waals surface area contributed by atoms with Crippen molar-refractivity contribution in [3.63, 3.8) is 0 Å². The molecule has 1 saturated heterocycles. The van der Waals surface area contributed by atoms with Gasteiger partial charge >= 0.3 is 6.09 Å². The second-order valence-corrected chi connectivity index (χ2v) is 8.40. The third-order valence-corrected chi connectivity index (χ3v) is 5.47. The first-order valence-corrected chi connectivity index (χ1v) is 10.8. The molecule has 3 amide bonds. The number of nitrogens with two attached hydrogens (primary N) is 1. The Morgan fingerprint density at radius 2 is 1.88 bits per heavy atom. The molecule has 0 radical (unpaired) electrons. The maximum Gasteiger partial charge on any atom is 0.414 e. The van der Waals surface area contributed by atoms with Crippen LogP contribution in [0.1, 0.15) is 26.3 Å². The molecule has 0 unspecified atom stereocenters. The number of hydrogen-bond donors (Lipinski definition) is 3. The first kappa shape index (κ1) is 24.2. The number of ether oxygens (including phenoxy) is 1. The van der Waals surface area contributed by atoms with Crippen LogP contribution in [0.25, 0.3) is 11.1 Å². The Labute approximate surface area is 192 Å². The molecule has 1 heterocycles. The maximum absolute atomic E-state index is 14.9. The van der Waals surface area contributed by atoms with Crippen LogP contribution in [-0.2, 0) is 20.9 Å². The van der Waals surface area contributed by atoms with Crippen molar-refractivity contribution in [2.24, 2.45) is 11.7 Å². The Morgan fingerprint density at radius 1 is 1.18 bits per heavy atom. The lowest BCUT2D eigenvalue weighted by Crippen LogP contribution is -2.43. The molecule has 176 valence electrons. The van der Waals surface area contributed by atoms with Crippen LogP contribution in [0, 0.1) is 11.7 Å². The number of rotatable bonds is 8. The smallest absolute Gasteiger partial charge is 0.414 e. The topological polar surface area (TPSA) is 114 Å². The van der Waals surface area contributed by atoms with Gasteiger partial charge in [0, 0.05) is 19.0 Å². The van der Waals surface area contributed by atoms with Crippen molar-refractivity contribution in [1.29, 1.82) is 0 Å². The Balaban J connectivity index is 1.65. The molecule has 8 nitrogen and oxygen atoms in total. The molecule has 33 heavy (non-hydrogen) atoms. The number of anilines is 1. The molecule has 2 atom stereocenters. The van der Waals surface area contributed by atoms with Gasteiger partial charge in [-0.2, -0.15) is 0 Å². The summed E-state index contributed by atoms with van der Waals surface area (Å²) in [5.74, 6) is -0.860. The summed E-state index contributed by atoms with van der Waals surface area (Å²) < 4.78 is 20.1. The number of carbonyl (C=O) groups is 3. The lowest BCUT2D eigenvalue weighted by Gasteiger charge is -2.16. The highest BCUT2D eigenvalue weighted by Crippen LogP contribution is 2.29. The van der Waals surface area contributed by atoms with Crippen molar-refractivity contribution in [1.82, 2.24) is 10.6 Å². The van der Waals surface area contributed by atoms with Crippen LogP contribution in [-0.4, -0.2) is 43.1 Å². The molecule has 0 aliphatic carbocycles. The average molecular weight is 457 g/mol. The fraction of sp³-hybridized carbons (Fsp3) is 0.375. The van der Waals surface area contributed by atoms with E-state index in [1.54, 1.807) is 24.3 Å². The van der Waals surface area contributed by atoms with Gasteiger partial charge in [-0.3, -0.25) is 14.5 Å². The SMILES string of the molecule is CC(=O)NC[C@H]1CN(c2ccc(-c3ccc(CNC(=O)[C@H](N)C(C)C)cc3)c(F)c2)C(=O)O1. The van der Waals surface area contributed by atoms with Gasteiger partial charge in [0.1, 0.15) is 11.9 Å². The normalized spacial score (nSPS) is 16.5. The minimum Gasteiger partial charge on any atom is -0.442 e. The second-order valence-electron chi connectivity index (χ2n) is 8.40. The van der Waals surface area contributed by atoms with Crippen LogP contribution in [0.4, 0.5) is 14.9 Å². The zero-order valence-electron chi connectivity index (χ0n) is 18.9. The highest BCUT2D eigenvalue weighted by Gasteiger charge is 2.32. The highest BCUT2D eigenvalue weighted by atomic mass is 19.1. The number of cyclic esters (lactones) is 1. The number of benzene rings is 2. The number of nitrogens with one attached hydrogen (secondary N) is 2. The van der Waals surface area contributed by atoms with E-state index >= 15 is 0 Å². The van der Waals surface area contributed by atoms with Gasteiger partial charge in [0.25, 0.3) is 0 Å². The molecule has 1 fully saturated rings. The summed E-state index contributed by atoms with van der Waals surface area (Å²) in [6.45, 7) is 5.91. The van der Waals surface area contributed by atoms with Crippen molar-refractivity contribution in [3.8, 4) is 11.1 Å². The fourth-order valence-electron chi connectivity index (χ4n) is 3.41. The van der Waals surface area contributed by atoms with E-state index in [1.165, 1.54) is 17.9 Å². The third kappa shape index (κ3) is 6.07. The first-order valence-electron chi connectivity index (χ1n) is 10.8. The van der Waals surface area contributed by atoms with Gasteiger partial charge in [-0.15, -0.1) is 0 Å². The van der Waals surface area contributed by atoms with Crippen LogP contribution in [0.5, 0.6) is 0 Å². The largest absolute Gasteiger partial charge is 0.442 e. The molecule has 2 aromatic rings. The van der Waals surface area contributed by atoms with Crippen molar-refractivity contribution in [2.45, 2.75) is 39.5 Å². The molecule has 1 aliphatic rings. The van der Waals surface area contributed by atoms with E-state index in [9.17, 15) is 18.8 Å². The van der Waals surface area contributed by atoms with E-state index in [2.05, 4.69) is 10.6 Å². The summed E-state index contributed by atoms with van der Waals surface area (Å²) >= 11 is 0. The van der Waals surface area contributed by atoms with Gasteiger partial charge < -0.3 is 21.1 Å². The molecule has 0 saturated carbocycles. The average Bonchev–Trinajstić information content (AvgIpc) is 3.16. The Morgan fingerprint density at radius 3 is 2.48 bits per heavy atom. The van der Waals surface area contributed by atoms with Crippen LogP contribution in [0.2, 0.25) is 0 Å². The molecule has 1 aliphatic heterocycles. The van der Waals surface area contributed by atoms with E-state index in [1.807, 2.05) is 26.0 Å². The van der Waals surface area contributed by atoms with E-state index in [-0.39, 0.29) is 30.8 Å². The second kappa shape index (κ2) is 10.4. The van der Waals surface area contributed by atoms with Gasteiger partial charge in [0.2, 0.25) is 11.8 Å². The Hall–Kier alpha value is -3.46. The van der Waals surface area contributed by atoms with E-state index < -0.39 is 24.1 Å². The first-order chi connectivity index (χ1) is 15.7. The summed E-state index contributed by atoms with van der Waals surface area (Å²) in [5, 5.41) is 5.41. The molecular formula is C24H29FN4O4. The van der Waals surface area contributed by atoms with Crippen molar-refractivity contribution < 1.29 is 23.5 Å². The Bertz CT molecular complexity index is 1030. The minimum absolute atomic E-state index is 0.0452. The lowest BCUT2D eigenvalue weighted by atomic mass is 10.0. The van der Waals surface area contributed by atoms with Crippen LogP contribution in [0.15, 0.2) is 42.5 Å². The molecule has 2 aromatic carbocycles. The summed E-state index contributed by atoms with van der Waals surface area (Å²) in [6.07, 6.45) is -1.08. The van der Waals surface area contributed by atoms with Crippen molar-refractivity contribution in [2.75, 3.05) is 18.0 Å².